The van der Waals surface area contributed by atoms with Crippen LogP contribution in [0, 0.1) is 0 Å². The highest BCUT2D eigenvalue weighted by Crippen LogP contribution is 2.18. The van der Waals surface area contributed by atoms with E-state index in [2.05, 4.69) is 44.0 Å². The third kappa shape index (κ3) is 5.17. The maximum Gasteiger partial charge on any atom is 0.242 e. The van der Waals surface area contributed by atoms with Crippen molar-refractivity contribution in [1.29, 1.82) is 0 Å². The van der Waals surface area contributed by atoms with Crippen LogP contribution in [-0.4, -0.2) is 59.3 Å². The fourth-order valence-electron chi connectivity index (χ4n) is 1.44. The Kier molecular flexibility index (Phi) is 6.82. The first-order valence-electron chi connectivity index (χ1n) is 6.35. The van der Waals surface area contributed by atoms with Crippen LogP contribution in [0.3, 0.4) is 0 Å². The summed E-state index contributed by atoms with van der Waals surface area (Å²) in [6.45, 7) is 6.82. The predicted octanol–water partition coefficient (Wildman–Crippen LogP) is 0.657. The number of thioether (sulfide) groups is 1. The molecule has 1 heterocycles. The molecule has 7 nitrogen and oxygen atoms in total. The van der Waals surface area contributed by atoms with Crippen molar-refractivity contribution < 1.29 is 0 Å². The molecule has 0 aromatic carbocycles. The molecule has 0 spiro atoms. The van der Waals surface area contributed by atoms with E-state index in [1.807, 2.05) is 14.1 Å². The lowest BCUT2D eigenvalue weighted by Gasteiger charge is -2.19. The van der Waals surface area contributed by atoms with Gasteiger partial charge < -0.3 is 9.80 Å². The second-order valence-electron chi connectivity index (χ2n) is 4.21. The van der Waals surface area contributed by atoms with Gasteiger partial charge in [-0.1, -0.05) is 11.8 Å². The average Bonchev–Trinajstić information content (AvgIpc) is 2.39. The Labute approximate surface area is 119 Å². The Morgan fingerprint density at radius 2 is 1.84 bits per heavy atom. The van der Waals surface area contributed by atoms with Gasteiger partial charge >= 0.3 is 0 Å². The summed E-state index contributed by atoms with van der Waals surface area (Å²) < 4.78 is 0. The van der Waals surface area contributed by atoms with E-state index >= 15 is 0 Å². The number of aromatic nitrogens is 3. The third-order valence-corrected chi connectivity index (χ3v) is 3.38. The van der Waals surface area contributed by atoms with E-state index < -0.39 is 0 Å². The lowest BCUT2D eigenvalue weighted by molar-refractivity contribution is 0.437. The highest BCUT2D eigenvalue weighted by Gasteiger charge is 2.11. The number of hydrogen-bond acceptors (Lipinski definition) is 8. The fourth-order valence-corrected chi connectivity index (χ4v) is 2.38. The highest BCUT2D eigenvalue weighted by atomic mass is 32.2. The zero-order valence-electron chi connectivity index (χ0n) is 12.1. The number of nitrogens with one attached hydrogen (secondary N) is 1. The van der Waals surface area contributed by atoms with E-state index in [-0.39, 0.29) is 0 Å². The topological polar surface area (TPSA) is 83.2 Å². The van der Waals surface area contributed by atoms with Gasteiger partial charge in [0.15, 0.2) is 5.16 Å². The molecule has 0 atom stereocenters. The largest absolute Gasteiger partial charge is 0.341 e. The summed E-state index contributed by atoms with van der Waals surface area (Å²) in [4.78, 5) is 17.2. The van der Waals surface area contributed by atoms with Crippen LogP contribution in [0.1, 0.15) is 13.8 Å². The van der Waals surface area contributed by atoms with Crippen LogP contribution in [0.25, 0.3) is 0 Å². The molecule has 19 heavy (non-hydrogen) atoms. The molecule has 0 aliphatic carbocycles. The molecule has 0 aliphatic heterocycles. The minimum Gasteiger partial charge on any atom is -0.341 e. The first-order chi connectivity index (χ1) is 9.10. The zero-order chi connectivity index (χ0) is 14.3. The molecule has 0 bridgehead atoms. The molecule has 108 valence electrons. The van der Waals surface area contributed by atoms with E-state index in [4.69, 9.17) is 5.84 Å². The third-order valence-electron chi connectivity index (χ3n) is 2.55. The van der Waals surface area contributed by atoms with Gasteiger partial charge in [0.2, 0.25) is 11.9 Å². The van der Waals surface area contributed by atoms with Crippen LogP contribution in [0.15, 0.2) is 5.16 Å². The lowest BCUT2D eigenvalue weighted by Crippen LogP contribution is -2.25. The Hall–Kier alpha value is -1.12. The van der Waals surface area contributed by atoms with Gasteiger partial charge in [0.25, 0.3) is 0 Å². The molecule has 0 fully saturated rings. The number of hydrazine groups is 1. The predicted molar refractivity (Wildman–Crippen MR) is 80.5 cm³/mol. The molecule has 1 rings (SSSR count). The van der Waals surface area contributed by atoms with Gasteiger partial charge in [-0.3, -0.25) is 5.43 Å². The number of rotatable bonds is 8. The van der Waals surface area contributed by atoms with E-state index in [0.717, 1.165) is 25.4 Å². The van der Waals surface area contributed by atoms with Gasteiger partial charge in [-0.15, -0.1) is 0 Å². The molecule has 0 saturated carbocycles. The second kappa shape index (κ2) is 8.13. The molecule has 1 aromatic rings. The summed E-state index contributed by atoms with van der Waals surface area (Å²) in [5, 5.41) is 0.701. The average molecular weight is 285 g/mol. The monoisotopic (exact) mass is 285 g/mol. The van der Waals surface area contributed by atoms with Gasteiger partial charge in [0.1, 0.15) is 0 Å². The Balaban J connectivity index is 2.82. The van der Waals surface area contributed by atoms with Crippen LogP contribution in [0.5, 0.6) is 0 Å². The van der Waals surface area contributed by atoms with Crippen LogP contribution < -0.4 is 16.2 Å². The number of nitrogen functional groups attached to an aromatic ring is 1. The second-order valence-corrected chi connectivity index (χ2v) is 5.27. The zero-order valence-corrected chi connectivity index (χ0v) is 12.9. The smallest absolute Gasteiger partial charge is 0.242 e. The lowest BCUT2D eigenvalue weighted by atomic mass is 10.5. The SMILES string of the molecule is CCN(CC)c1nc(NN)nc(SCCN(C)C)n1. The molecule has 8 heteroatoms. The number of nitrogens with zero attached hydrogens (tertiary/aromatic N) is 5. The minimum atomic E-state index is 0.407. The van der Waals surface area contributed by atoms with Gasteiger partial charge in [-0.25, -0.2) is 5.84 Å². The first-order valence-corrected chi connectivity index (χ1v) is 7.34. The maximum absolute atomic E-state index is 5.41. The van der Waals surface area contributed by atoms with E-state index in [9.17, 15) is 0 Å². The molecule has 0 unspecified atom stereocenters. The van der Waals surface area contributed by atoms with Gasteiger partial charge in [-0.05, 0) is 27.9 Å². The highest BCUT2D eigenvalue weighted by molar-refractivity contribution is 7.99. The number of nitrogens with two attached hydrogens (primary N) is 1. The van der Waals surface area contributed by atoms with Crippen LogP contribution in [0.4, 0.5) is 11.9 Å². The van der Waals surface area contributed by atoms with Crippen molar-refractivity contribution in [2.24, 2.45) is 5.84 Å². The van der Waals surface area contributed by atoms with Gasteiger partial charge in [-0.2, -0.15) is 15.0 Å². The van der Waals surface area contributed by atoms with Crippen molar-refractivity contribution in [2.75, 3.05) is 49.8 Å². The van der Waals surface area contributed by atoms with E-state index in [1.54, 1.807) is 11.8 Å². The molecule has 0 saturated heterocycles. The molecular formula is C11H23N7S. The molecule has 0 aliphatic rings. The molecule has 1 aromatic heterocycles. The summed E-state index contributed by atoms with van der Waals surface area (Å²) in [5.41, 5.74) is 2.50. The maximum atomic E-state index is 5.41. The summed E-state index contributed by atoms with van der Waals surface area (Å²) in [6.07, 6.45) is 0. The van der Waals surface area contributed by atoms with Crippen molar-refractivity contribution in [2.45, 2.75) is 19.0 Å². The van der Waals surface area contributed by atoms with Crippen molar-refractivity contribution in [3.8, 4) is 0 Å². The normalized spacial score (nSPS) is 10.8. The molecule has 3 N–H and O–H groups in total. The van der Waals surface area contributed by atoms with Crippen molar-refractivity contribution in [1.82, 2.24) is 19.9 Å². The molecular weight excluding hydrogens is 262 g/mol. The number of anilines is 2. The standard InChI is InChI=1S/C11H23N7S/c1-5-18(6-2)10-13-9(16-12)14-11(15-10)19-8-7-17(3)4/h5-8,12H2,1-4H3,(H,13,14,15,16). The summed E-state index contributed by atoms with van der Waals surface area (Å²) in [7, 11) is 4.09. The first kappa shape index (κ1) is 15.9. The summed E-state index contributed by atoms with van der Waals surface area (Å²) in [6, 6.07) is 0. The van der Waals surface area contributed by atoms with Crippen molar-refractivity contribution >= 4 is 23.7 Å². The Bertz CT molecular complexity index is 381. The Morgan fingerprint density at radius 1 is 1.16 bits per heavy atom. The van der Waals surface area contributed by atoms with E-state index in [1.165, 1.54) is 0 Å². The molecule has 0 amide bonds. The summed E-state index contributed by atoms with van der Waals surface area (Å²) in [5.74, 6) is 7.41. The fraction of sp³-hybridized carbons (Fsp3) is 0.727. The molecule has 0 radical (unpaired) electrons. The van der Waals surface area contributed by atoms with Gasteiger partial charge in [0, 0.05) is 25.4 Å². The minimum absolute atomic E-state index is 0.407. The summed E-state index contributed by atoms with van der Waals surface area (Å²) >= 11 is 1.60. The van der Waals surface area contributed by atoms with E-state index in [0.29, 0.717) is 17.1 Å². The van der Waals surface area contributed by atoms with Crippen molar-refractivity contribution in [3.63, 3.8) is 0 Å². The quantitative estimate of drug-likeness (QED) is 0.409. The van der Waals surface area contributed by atoms with Crippen molar-refractivity contribution in [3.05, 3.63) is 0 Å². The van der Waals surface area contributed by atoms with Crippen LogP contribution in [0.2, 0.25) is 0 Å². The van der Waals surface area contributed by atoms with Crippen LogP contribution >= 0.6 is 11.8 Å². The van der Waals surface area contributed by atoms with Gasteiger partial charge in [0.05, 0.1) is 0 Å². The van der Waals surface area contributed by atoms with Crippen LogP contribution in [-0.2, 0) is 0 Å². The number of hydrogen-bond donors (Lipinski definition) is 2. The Morgan fingerprint density at radius 3 is 2.37 bits per heavy atom.